The average molecular weight is 469 g/mol. The number of rotatable bonds is 4. The Hall–Kier alpha value is -2.62. The normalized spacial score (nSPS) is 21.0. The first-order chi connectivity index (χ1) is 15.6. The molecule has 2 aromatic rings. The summed E-state index contributed by atoms with van der Waals surface area (Å²) in [5, 5.41) is 9.68. The molecule has 1 aliphatic carbocycles. The lowest BCUT2D eigenvalue weighted by Gasteiger charge is -2.08. The highest BCUT2D eigenvalue weighted by Gasteiger charge is 2.25. The first-order valence-electron chi connectivity index (χ1n) is 10.8. The summed E-state index contributed by atoms with van der Waals surface area (Å²) in [6.07, 6.45) is 9.34. The SMILES string of the molecule is Cc1nc(C2CCOC2)sc1C(=O)Nc1nc(C2=CCC=C3NCC(=O)CCC3=C2)cs1. The van der Waals surface area contributed by atoms with E-state index in [9.17, 15) is 9.59 Å². The van der Waals surface area contributed by atoms with Crippen molar-refractivity contribution in [1.82, 2.24) is 15.3 Å². The van der Waals surface area contributed by atoms with E-state index in [4.69, 9.17) is 4.74 Å². The van der Waals surface area contributed by atoms with E-state index in [1.54, 1.807) is 0 Å². The van der Waals surface area contributed by atoms with Crippen LogP contribution in [0.5, 0.6) is 0 Å². The molecule has 2 fully saturated rings. The van der Waals surface area contributed by atoms with Gasteiger partial charge in [0.2, 0.25) is 0 Å². The molecule has 7 nitrogen and oxygen atoms in total. The Morgan fingerprint density at radius 2 is 2.19 bits per heavy atom. The van der Waals surface area contributed by atoms with Crippen molar-refractivity contribution in [2.75, 3.05) is 25.1 Å². The van der Waals surface area contributed by atoms with Crippen LogP contribution in [0.4, 0.5) is 5.13 Å². The molecule has 2 aliphatic heterocycles. The van der Waals surface area contributed by atoms with Crippen LogP contribution in [0.15, 0.2) is 34.9 Å². The van der Waals surface area contributed by atoms with E-state index in [-0.39, 0.29) is 17.6 Å². The van der Waals surface area contributed by atoms with Crippen molar-refractivity contribution >= 4 is 45.1 Å². The van der Waals surface area contributed by atoms with Gasteiger partial charge in [-0.15, -0.1) is 22.7 Å². The van der Waals surface area contributed by atoms with E-state index in [1.165, 1.54) is 22.7 Å². The summed E-state index contributed by atoms with van der Waals surface area (Å²) in [6, 6.07) is 0. The minimum absolute atomic E-state index is 0.172. The number of allylic oxidation sites excluding steroid dienone is 5. The number of fused-ring (bicyclic) bond motifs is 1. The molecule has 1 atom stereocenters. The molecule has 0 bridgehead atoms. The Morgan fingerprint density at radius 3 is 3.03 bits per heavy atom. The van der Waals surface area contributed by atoms with Crippen LogP contribution in [0.3, 0.4) is 0 Å². The maximum atomic E-state index is 12.9. The maximum absolute atomic E-state index is 12.9. The van der Waals surface area contributed by atoms with Gasteiger partial charge in [-0.25, -0.2) is 9.97 Å². The maximum Gasteiger partial charge on any atom is 0.269 e. The van der Waals surface area contributed by atoms with E-state index < -0.39 is 0 Å². The Kier molecular flexibility index (Phi) is 6.03. The molecule has 0 saturated carbocycles. The number of nitrogens with one attached hydrogen (secondary N) is 2. The lowest BCUT2D eigenvalue weighted by Crippen LogP contribution is -2.19. The minimum atomic E-state index is -0.172. The number of aromatic nitrogens is 2. The fourth-order valence-corrected chi connectivity index (χ4v) is 5.83. The minimum Gasteiger partial charge on any atom is -0.381 e. The quantitative estimate of drug-likeness (QED) is 0.698. The zero-order chi connectivity index (χ0) is 22.1. The topological polar surface area (TPSA) is 93.2 Å². The number of nitrogens with zero attached hydrogens (tertiary/aromatic N) is 2. The zero-order valence-corrected chi connectivity index (χ0v) is 19.4. The van der Waals surface area contributed by atoms with Gasteiger partial charge in [0.25, 0.3) is 5.91 Å². The number of aryl methyl sites for hydroxylation is 1. The number of amides is 1. The van der Waals surface area contributed by atoms with E-state index in [1.807, 2.05) is 12.3 Å². The molecule has 2 aromatic heterocycles. The molecule has 1 amide bonds. The Bertz CT molecular complexity index is 1150. The summed E-state index contributed by atoms with van der Waals surface area (Å²) >= 11 is 2.86. The Labute approximate surface area is 194 Å². The molecule has 32 heavy (non-hydrogen) atoms. The van der Waals surface area contributed by atoms with Gasteiger partial charge >= 0.3 is 0 Å². The number of ether oxygens (including phenoxy) is 1. The highest BCUT2D eigenvalue weighted by Crippen LogP contribution is 2.32. The van der Waals surface area contributed by atoms with Crippen LogP contribution in [0, 0.1) is 6.92 Å². The number of carbonyl (C=O) groups is 2. The van der Waals surface area contributed by atoms with E-state index in [0.29, 0.717) is 29.6 Å². The fraction of sp³-hybridized carbons (Fsp3) is 0.391. The lowest BCUT2D eigenvalue weighted by atomic mass is 10.0. The molecule has 2 saturated heterocycles. The van der Waals surface area contributed by atoms with Crippen molar-refractivity contribution < 1.29 is 14.3 Å². The van der Waals surface area contributed by atoms with Crippen molar-refractivity contribution in [3.63, 3.8) is 0 Å². The molecule has 166 valence electrons. The van der Waals surface area contributed by atoms with Crippen LogP contribution in [-0.2, 0) is 9.53 Å². The second kappa shape index (κ2) is 9.09. The van der Waals surface area contributed by atoms with E-state index >= 15 is 0 Å². The van der Waals surface area contributed by atoms with Crippen LogP contribution in [0.25, 0.3) is 5.57 Å². The number of Topliss-reactive ketones (excluding diaryl/α,β-unsaturated/α-hetero) is 1. The second-order valence-electron chi connectivity index (χ2n) is 8.09. The molecule has 1 unspecified atom stereocenters. The van der Waals surface area contributed by atoms with Gasteiger partial charge < -0.3 is 10.1 Å². The van der Waals surface area contributed by atoms with Crippen LogP contribution in [0.1, 0.15) is 57.7 Å². The largest absolute Gasteiger partial charge is 0.381 e. The molecule has 0 aromatic carbocycles. The molecular weight excluding hydrogens is 444 g/mol. The molecular formula is C23H24N4O3S2. The number of hydrogen-bond acceptors (Lipinski definition) is 8. The summed E-state index contributed by atoms with van der Waals surface area (Å²) in [5.74, 6) is 0.343. The first kappa shape index (κ1) is 21.2. The molecule has 3 aliphatic rings. The third-order valence-electron chi connectivity index (χ3n) is 5.80. The third-order valence-corrected chi connectivity index (χ3v) is 7.88. The molecule has 0 radical (unpaired) electrons. The summed E-state index contributed by atoms with van der Waals surface area (Å²) in [4.78, 5) is 34.6. The van der Waals surface area contributed by atoms with Crippen molar-refractivity contribution in [1.29, 1.82) is 0 Å². The van der Waals surface area contributed by atoms with Gasteiger partial charge in [-0.1, -0.05) is 12.2 Å². The third kappa shape index (κ3) is 4.46. The summed E-state index contributed by atoms with van der Waals surface area (Å²) < 4.78 is 5.45. The van der Waals surface area contributed by atoms with Gasteiger partial charge in [-0.05, 0) is 43.4 Å². The molecule has 4 heterocycles. The van der Waals surface area contributed by atoms with Gasteiger partial charge in [0.05, 0.1) is 29.5 Å². The van der Waals surface area contributed by atoms with Crippen LogP contribution < -0.4 is 10.6 Å². The summed E-state index contributed by atoms with van der Waals surface area (Å²) in [5.41, 5.74) is 4.75. The van der Waals surface area contributed by atoms with Gasteiger partial charge in [0.1, 0.15) is 4.88 Å². The fourth-order valence-electron chi connectivity index (χ4n) is 4.04. The summed E-state index contributed by atoms with van der Waals surface area (Å²) in [6.45, 7) is 3.69. The predicted molar refractivity (Wildman–Crippen MR) is 126 cm³/mol. The monoisotopic (exact) mass is 468 g/mol. The van der Waals surface area contributed by atoms with Crippen LogP contribution in [-0.4, -0.2) is 41.4 Å². The number of hydrogen-bond donors (Lipinski definition) is 2. The van der Waals surface area contributed by atoms with Gasteiger partial charge in [-0.3, -0.25) is 14.9 Å². The molecule has 9 heteroatoms. The van der Waals surface area contributed by atoms with E-state index in [0.717, 1.165) is 59.1 Å². The number of anilines is 1. The summed E-state index contributed by atoms with van der Waals surface area (Å²) in [7, 11) is 0. The molecule has 0 spiro atoms. The first-order valence-corrected chi connectivity index (χ1v) is 12.5. The van der Waals surface area contributed by atoms with Crippen molar-refractivity contribution in [2.45, 2.75) is 38.5 Å². The average Bonchev–Trinajstić information content (AvgIpc) is 3.48. The van der Waals surface area contributed by atoms with Crippen molar-refractivity contribution in [2.24, 2.45) is 0 Å². The Morgan fingerprint density at radius 1 is 1.28 bits per heavy atom. The molecule has 2 N–H and O–H groups in total. The van der Waals surface area contributed by atoms with Crippen LogP contribution >= 0.6 is 22.7 Å². The smallest absolute Gasteiger partial charge is 0.269 e. The Balaban J connectivity index is 1.30. The highest BCUT2D eigenvalue weighted by atomic mass is 32.1. The number of carbonyl (C=O) groups excluding carboxylic acids is 2. The van der Waals surface area contributed by atoms with Gasteiger partial charge in [-0.2, -0.15) is 0 Å². The molecule has 5 rings (SSSR count). The zero-order valence-electron chi connectivity index (χ0n) is 17.8. The van der Waals surface area contributed by atoms with Crippen molar-refractivity contribution in [3.05, 3.63) is 56.2 Å². The highest BCUT2D eigenvalue weighted by molar-refractivity contribution is 7.15. The van der Waals surface area contributed by atoms with Crippen LogP contribution in [0.2, 0.25) is 0 Å². The van der Waals surface area contributed by atoms with Gasteiger partial charge in [0, 0.05) is 30.0 Å². The van der Waals surface area contributed by atoms with Gasteiger partial charge in [0.15, 0.2) is 10.9 Å². The number of ketones is 1. The standard InChI is InChI=1S/C23H24N4O3S2/c1-13-20(32-22(25-13)16-7-8-30-11-16)21(29)27-23-26-19(12-31-23)14-3-2-4-18-15(9-14)5-6-17(28)10-24-18/h3-4,9,12,16,24H,2,5-8,10-11H2,1H3,(H,26,27,29). The second-order valence-corrected chi connectivity index (χ2v) is 9.98. The number of thiazole rings is 2. The predicted octanol–water partition coefficient (Wildman–Crippen LogP) is 4.21. The van der Waals surface area contributed by atoms with Crippen molar-refractivity contribution in [3.8, 4) is 0 Å². The lowest BCUT2D eigenvalue weighted by molar-refractivity contribution is -0.117. The van der Waals surface area contributed by atoms with E-state index in [2.05, 4.69) is 38.8 Å².